The van der Waals surface area contributed by atoms with Crippen LogP contribution in [-0.2, 0) is 6.61 Å². The van der Waals surface area contributed by atoms with Gasteiger partial charge >= 0.3 is 0 Å². The molecule has 0 saturated carbocycles. The minimum atomic E-state index is 0.0329. The Labute approximate surface area is 111 Å². The standard InChI is InChI=1S/C15H14O4/c1-10-6-11(8-16)2-4-13(10)19-12-3-5-14-15(7-12)18-9-17-14/h2-7,16H,8-9H2,1H3. The fourth-order valence-corrected chi connectivity index (χ4v) is 1.99. The highest BCUT2D eigenvalue weighted by molar-refractivity contribution is 5.48. The van der Waals surface area contributed by atoms with Crippen LogP contribution >= 0.6 is 0 Å². The van der Waals surface area contributed by atoms with E-state index in [0.29, 0.717) is 11.5 Å². The number of aliphatic hydroxyl groups excluding tert-OH is 1. The van der Waals surface area contributed by atoms with Crippen molar-refractivity contribution in [2.24, 2.45) is 0 Å². The summed E-state index contributed by atoms with van der Waals surface area (Å²) in [7, 11) is 0. The molecule has 0 unspecified atom stereocenters. The van der Waals surface area contributed by atoms with Crippen molar-refractivity contribution in [2.75, 3.05) is 6.79 Å². The van der Waals surface area contributed by atoms with Crippen LogP contribution in [0.5, 0.6) is 23.0 Å². The molecule has 0 aliphatic carbocycles. The van der Waals surface area contributed by atoms with Gasteiger partial charge in [0, 0.05) is 6.07 Å². The van der Waals surface area contributed by atoms with Crippen molar-refractivity contribution in [1.29, 1.82) is 0 Å². The molecule has 4 heteroatoms. The van der Waals surface area contributed by atoms with Crippen molar-refractivity contribution in [2.45, 2.75) is 13.5 Å². The maximum Gasteiger partial charge on any atom is 0.231 e. The third-order valence-electron chi connectivity index (χ3n) is 2.99. The van der Waals surface area contributed by atoms with Gasteiger partial charge in [0.15, 0.2) is 11.5 Å². The highest BCUT2D eigenvalue weighted by atomic mass is 16.7. The first-order valence-corrected chi connectivity index (χ1v) is 6.04. The molecule has 0 fully saturated rings. The molecule has 0 radical (unpaired) electrons. The summed E-state index contributed by atoms with van der Waals surface area (Å²) < 4.78 is 16.4. The number of benzene rings is 2. The number of ether oxygens (including phenoxy) is 3. The molecule has 0 spiro atoms. The van der Waals surface area contributed by atoms with E-state index in [1.807, 2.05) is 43.3 Å². The van der Waals surface area contributed by atoms with E-state index in [2.05, 4.69) is 0 Å². The first kappa shape index (κ1) is 11.9. The minimum absolute atomic E-state index is 0.0329. The SMILES string of the molecule is Cc1cc(CO)ccc1Oc1ccc2c(c1)OCO2. The Hall–Kier alpha value is -2.20. The summed E-state index contributed by atoms with van der Waals surface area (Å²) in [6.07, 6.45) is 0. The number of rotatable bonds is 3. The van der Waals surface area contributed by atoms with Crippen LogP contribution in [0.25, 0.3) is 0 Å². The van der Waals surface area contributed by atoms with Crippen molar-refractivity contribution in [3.05, 3.63) is 47.5 Å². The van der Waals surface area contributed by atoms with E-state index in [1.54, 1.807) is 0 Å². The van der Waals surface area contributed by atoms with Crippen LogP contribution in [0.1, 0.15) is 11.1 Å². The zero-order chi connectivity index (χ0) is 13.2. The smallest absolute Gasteiger partial charge is 0.231 e. The first-order chi connectivity index (χ1) is 9.26. The van der Waals surface area contributed by atoms with Gasteiger partial charge in [-0.25, -0.2) is 0 Å². The van der Waals surface area contributed by atoms with Crippen molar-refractivity contribution in [3.63, 3.8) is 0 Å². The molecule has 0 amide bonds. The maximum absolute atomic E-state index is 9.08. The second-order valence-electron chi connectivity index (χ2n) is 4.38. The van der Waals surface area contributed by atoms with Crippen molar-refractivity contribution in [3.8, 4) is 23.0 Å². The van der Waals surface area contributed by atoms with E-state index in [9.17, 15) is 0 Å². The van der Waals surface area contributed by atoms with E-state index < -0.39 is 0 Å². The lowest BCUT2D eigenvalue weighted by atomic mass is 10.1. The summed E-state index contributed by atoms with van der Waals surface area (Å²) in [5, 5.41) is 9.08. The summed E-state index contributed by atoms with van der Waals surface area (Å²) in [6.45, 7) is 2.23. The summed E-state index contributed by atoms with van der Waals surface area (Å²) in [5.74, 6) is 2.89. The maximum atomic E-state index is 9.08. The van der Waals surface area contributed by atoms with Crippen LogP contribution in [0.2, 0.25) is 0 Å². The zero-order valence-electron chi connectivity index (χ0n) is 10.6. The molecule has 0 saturated heterocycles. The van der Waals surface area contributed by atoms with Crippen molar-refractivity contribution >= 4 is 0 Å². The Morgan fingerprint density at radius 1 is 1.11 bits per heavy atom. The van der Waals surface area contributed by atoms with Crippen LogP contribution in [0.3, 0.4) is 0 Å². The van der Waals surface area contributed by atoms with E-state index >= 15 is 0 Å². The summed E-state index contributed by atoms with van der Waals surface area (Å²) in [4.78, 5) is 0. The van der Waals surface area contributed by atoms with Gasteiger partial charge in [-0.1, -0.05) is 12.1 Å². The Morgan fingerprint density at radius 2 is 1.95 bits per heavy atom. The molecule has 4 nitrogen and oxygen atoms in total. The number of hydrogen-bond acceptors (Lipinski definition) is 4. The molecular weight excluding hydrogens is 244 g/mol. The lowest BCUT2D eigenvalue weighted by molar-refractivity contribution is 0.174. The Balaban J connectivity index is 1.85. The topological polar surface area (TPSA) is 47.9 Å². The number of hydrogen-bond donors (Lipinski definition) is 1. The van der Waals surface area contributed by atoms with Gasteiger partial charge in [0.1, 0.15) is 11.5 Å². The van der Waals surface area contributed by atoms with Crippen LogP contribution in [0.15, 0.2) is 36.4 Å². The normalized spacial score (nSPS) is 12.5. The lowest BCUT2D eigenvalue weighted by Crippen LogP contribution is -1.93. The molecule has 2 aromatic carbocycles. The molecule has 2 aromatic rings. The molecule has 3 rings (SSSR count). The first-order valence-electron chi connectivity index (χ1n) is 6.04. The second-order valence-corrected chi connectivity index (χ2v) is 4.38. The van der Waals surface area contributed by atoms with E-state index in [1.165, 1.54) is 0 Å². The van der Waals surface area contributed by atoms with Crippen LogP contribution in [0, 0.1) is 6.92 Å². The van der Waals surface area contributed by atoms with Gasteiger partial charge < -0.3 is 19.3 Å². The van der Waals surface area contributed by atoms with Gasteiger partial charge in [0.25, 0.3) is 0 Å². The average Bonchev–Trinajstić information content (AvgIpc) is 2.88. The third kappa shape index (κ3) is 2.35. The van der Waals surface area contributed by atoms with Crippen LogP contribution in [-0.4, -0.2) is 11.9 Å². The lowest BCUT2D eigenvalue weighted by Gasteiger charge is -2.10. The van der Waals surface area contributed by atoms with E-state index in [4.69, 9.17) is 19.3 Å². The zero-order valence-corrected chi connectivity index (χ0v) is 10.6. The average molecular weight is 258 g/mol. The van der Waals surface area contributed by atoms with Gasteiger partial charge in [0.2, 0.25) is 6.79 Å². The Morgan fingerprint density at radius 3 is 2.74 bits per heavy atom. The molecule has 98 valence electrons. The molecule has 0 atom stereocenters. The fraction of sp³-hybridized carbons (Fsp3) is 0.200. The summed E-state index contributed by atoms with van der Waals surface area (Å²) >= 11 is 0. The van der Waals surface area contributed by atoms with Gasteiger partial charge in [-0.2, -0.15) is 0 Å². The Bertz CT molecular complexity index is 607. The Kier molecular flexibility index (Phi) is 3.01. The highest BCUT2D eigenvalue weighted by Gasteiger charge is 2.14. The van der Waals surface area contributed by atoms with E-state index in [-0.39, 0.29) is 13.4 Å². The summed E-state index contributed by atoms with van der Waals surface area (Å²) in [6, 6.07) is 11.1. The van der Waals surface area contributed by atoms with Crippen molar-refractivity contribution in [1.82, 2.24) is 0 Å². The second kappa shape index (κ2) is 4.82. The monoisotopic (exact) mass is 258 g/mol. The van der Waals surface area contributed by atoms with Crippen molar-refractivity contribution < 1.29 is 19.3 Å². The summed E-state index contributed by atoms with van der Waals surface area (Å²) in [5.41, 5.74) is 1.85. The quantitative estimate of drug-likeness (QED) is 0.919. The highest BCUT2D eigenvalue weighted by Crippen LogP contribution is 2.37. The van der Waals surface area contributed by atoms with Crippen LogP contribution in [0.4, 0.5) is 0 Å². The molecule has 0 bridgehead atoms. The van der Waals surface area contributed by atoms with Gasteiger partial charge in [-0.15, -0.1) is 0 Å². The fourth-order valence-electron chi connectivity index (χ4n) is 1.99. The number of fused-ring (bicyclic) bond motifs is 1. The minimum Gasteiger partial charge on any atom is -0.457 e. The third-order valence-corrected chi connectivity index (χ3v) is 2.99. The predicted octanol–water partition coefficient (Wildman–Crippen LogP) is 3.01. The van der Waals surface area contributed by atoms with E-state index in [0.717, 1.165) is 22.6 Å². The number of aliphatic hydroxyl groups is 1. The van der Waals surface area contributed by atoms with Gasteiger partial charge in [-0.05, 0) is 36.2 Å². The molecule has 19 heavy (non-hydrogen) atoms. The predicted molar refractivity (Wildman–Crippen MR) is 69.7 cm³/mol. The van der Waals surface area contributed by atoms with Crippen LogP contribution < -0.4 is 14.2 Å². The largest absolute Gasteiger partial charge is 0.457 e. The molecule has 1 aliphatic rings. The molecule has 1 N–H and O–H groups in total. The van der Waals surface area contributed by atoms with Gasteiger partial charge in [0.05, 0.1) is 6.61 Å². The molecule has 0 aromatic heterocycles. The van der Waals surface area contributed by atoms with Gasteiger partial charge in [-0.3, -0.25) is 0 Å². The molecular formula is C15H14O4. The molecule has 1 aliphatic heterocycles. The number of aryl methyl sites for hydroxylation is 1. The molecule has 1 heterocycles.